The first kappa shape index (κ1) is 14.8. The van der Waals surface area contributed by atoms with Crippen molar-refractivity contribution in [2.45, 2.75) is 39.3 Å². The van der Waals surface area contributed by atoms with E-state index in [0.29, 0.717) is 5.69 Å². The number of aromatic nitrogens is 1. The number of methoxy groups -OCH3 is 1. The molecule has 0 aliphatic heterocycles. The standard InChI is InChI=1S/C15H23N3O2/c1-5-16-13-8-6-7-10(17-13)14(19)18-11-9-12(20-4)15(11,2)3/h6-8,11-12H,5,9H2,1-4H3,(H,16,17)(H,18,19). The molecule has 0 radical (unpaired) electrons. The molecule has 0 bridgehead atoms. The summed E-state index contributed by atoms with van der Waals surface area (Å²) in [6.07, 6.45) is 1.05. The minimum Gasteiger partial charge on any atom is -0.381 e. The zero-order chi connectivity index (χ0) is 14.8. The van der Waals surface area contributed by atoms with Crippen molar-refractivity contribution in [1.82, 2.24) is 10.3 Å². The van der Waals surface area contributed by atoms with Crippen LogP contribution < -0.4 is 10.6 Å². The lowest BCUT2D eigenvalue weighted by Crippen LogP contribution is -2.61. The molecule has 1 aromatic rings. The van der Waals surface area contributed by atoms with Crippen LogP contribution in [-0.2, 0) is 4.74 Å². The Bertz CT molecular complexity index is 488. The minimum atomic E-state index is -0.127. The van der Waals surface area contributed by atoms with Crippen molar-refractivity contribution in [3.8, 4) is 0 Å². The van der Waals surface area contributed by atoms with Crippen LogP contribution in [0.25, 0.3) is 0 Å². The summed E-state index contributed by atoms with van der Waals surface area (Å²) in [5, 5.41) is 6.15. The topological polar surface area (TPSA) is 63.2 Å². The summed E-state index contributed by atoms with van der Waals surface area (Å²) in [5.41, 5.74) is 0.407. The number of amides is 1. The summed E-state index contributed by atoms with van der Waals surface area (Å²) in [5.74, 6) is 0.597. The third kappa shape index (κ3) is 2.77. The van der Waals surface area contributed by atoms with Crippen molar-refractivity contribution in [2.75, 3.05) is 19.0 Å². The molecule has 5 heteroatoms. The molecular formula is C15H23N3O2. The Morgan fingerprint density at radius 3 is 2.85 bits per heavy atom. The van der Waals surface area contributed by atoms with Gasteiger partial charge in [-0.1, -0.05) is 19.9 Å². The number of rotatable bonds is 5. The molecule has 1 heterocycles. The second kappa shape index (κ2) is 5.79. The van der Waals surface area contributed by atoms with Crippen molar-refractivity contribution in [1.29, 1.82) is 0 Å². The molecule has 20 heavy (non-hydrogen) atoms. The number of hydrogen-bond acceptors (Lipinski definition) is 4. The van der Waals surface area contributed by atoms with E-state index in [1.807, 2.05) is 19.1 Å². The molecule has 5 nitrogen and oxygen atoms in total. The van der Waals surface area contributed by atoms with Gasteiger partial charge < -0.3 is 15.4 Å². The largest absolute Gasteiger partial charge is 0.381 e. The van der Waals surface area contributed by atoms with Crippen LogP contribution in [0.3, 0.4) is 0 Å². The highest BCUT2D eigenvalue weighted by Crippen LogP contribution is 2.42. The molecule has 2 unspecified atom stereocenters. The monoisotopic (exact) mass is 277 g/mol. The van der Waals surface area contributed by atoms with Gasteiger partial charge in [0.05, 0.1) is 6.10 Å². The molecule has 2 N–H and O–H groups in total. The highest BCUT2D eigenvalue weighted by molar-refractivity contribution is 5.93. The molecule has 1 aliphatic rings. The van der Waals surface area contributed by atoms with E-state index in [1.165, 1.54) is 0 Å². The van der Waals surface area contributed by atoms with Crippen LogP contribution in [-0.4, -0.2) is 36.7 Å². The molecule has 2 rings (SSSR count). The first-order valence-corrected chi connectivity index (χ1v) is 7.03. The van der Waals surface area contributed by atoms with Gasteiger partial charge in [-0.25, -0.2) is 4.98 Å². The van der Waals surface area contributed by atoms with Gasteiger partial charge >= 0.3 is 0 Å². The Labute approximate surface area is 120 Å². The molecule has 110 valence electrons. The Morgan fingerprint density at radius 1 is 1.50 bits per heavy atom. The fourth-order valence-electron chi connectivity index (χ4n) is 2.60. The lowest BCUT2D eigenvalue weighted by atomic mass is 9.64. The minimum absolute atomic E-state index is 0.0380. The van der Waals surface area contributed by atoms with E-state index in [-0.39, 0.29) is 23.5 Å². The van der Waals surface area contributed by atoms with Gasteiger partial charge in [0.15, 0.2) is 0 Å². The summed E-state index contributed by atoms with van der Waals surface area (Å²) in [7, 11) is 1.71. The number of nitrogens with zero attached hydrogens (tertiary/aromatic N) is 1. The third-order valence-corrected chi connectivity index (χ3v) is 4.11. The van der Waals surface area contributed by atoms with Crippen molar-refractivity contribution >= 4 is 11.7 Å². The maximum absolute atomic E-state index is 12.2. The number of hydrogen-bond donors (Lipinski definition) is 2. The van der Waals surface area contributed by atoms with E-state index in [1.54, 1.807) is 13.2 Å². The fourth-order valence-corrected chi connectivity index (χ4v) is 2.60. The van der Waals surface area contributed by atoms with Crippen molar-refractivity contribution in [3.05, 3.63) is 23.9 Å². The quantitative estimate of drug-likeness (QED) is 0.864. The van der Waals surface area contributed by atoms with E-state index in [9.17, 15) is 4.79 Å². The smallest absolute Gasteiger partial charge is 0.270 e. The fraction of sp³-hybridized carbons (Fsp3) is 0.600. The van der Waals surface area contributed by atoms with Crippen LogP contribution in [0.4, 0.5) is 5.82 Å². The lowest BCUT2D eigenvalue weighted by Gasteiger charge is -2.51. The maximum Gasteiger partial charge on any atom is 0.270 e. The van der Waals surface area contributed by atoms with Crippen molar-refractivity contribution in [2.24, 2.45) is 5.41 Å². The van der Waals surface area contributed by atoms with Gasteiger partial charge in [0.1, 0.15) is 11.5 Å². The Balaban J connectivity index is 2.01. The molecular weight excluding hydrogens is 254 g/mol. The van der Waals surface area contributed by atoms with Crippen LogP contribution in [0.2, 0.25) is 0 Å². The first-order valence-electron chi connectivity index (χ1n) is 7.03. The van der Waals surface area contributed by atoms with Gasteiger partial charge in [-0.05, 0) is 25.5 Å². The number of ether oxygens (including phenoxy) is 1. The summed E-state index contributed by atoms with van der Waals surface area (Å²) < 4.78 is 5.39. The van der Waals surface area contributed by atoms with Crippen LogP contribution in [0.15, 0.2) is 18.2 Å². The second-order valence-corrected chi connectivity index (χ2v) is 5.75. The molecule has 0 saturated heterocycles. The average molecular weight is 277 g/mol. The van der Waals surface area contributed by atoms with Gasteiger partial charge in [0, 0.05) is 25.1 Å². The first-order chi connectivity index (χ1) is 9.48. The molecule has 0 spiro atoms. The van der Waals surface area contributed by atoms with Gasteiger partial charge in [-0.15, -0.1) is 0 Å². The number of carbonyl (C=O) groups is 1. The van der Waals surface area contributed by atoms with Crippen molar-refractivity contribution in [3.63, 3.8) is 0 Å². The van der Waals surface area contributed by atoms with Crippen molar-refractivity contribution < 1.29 is 9.53 Å². The summed E-state index contributed by atoms with van der Waals surface area (Å²) in [6.45, 7) is 7.00. The molecule has 1 amide bonds. The van der Waals surface area contributed by atoms with Gasteiger partial charge in [-0.3, -0.25) is 4.79 Å². The third-order valence-electron chi connectivity index (χ3n) is 4.11. The van der Waals surface area contributed by atoms with Crippen LogP contribution in [0.5, 0.6) is 0 Å². The number of anilines is 1. The molecule has 0 aromatic carbocycles. The zero-order valence-electron chi connectivity index (χ0n) is 12.6. The molecule has 2 atom stereocenters. The van der Waals surface area contributed by atoms with E-state index in [0.717, 1.165) is 18.8 Å². The highest BCUT2D eigenvalue weighted by atomic mass is 16.5. The summed E-state index contributed by atoms with van der Waals surface area (Å²) in [4.78, 5) is 16.6. The Kier molecular flexibility index (Phi) is 4.28. The molecule has 1 aliphatic carbocycles. The van der Waals surface area contributed by atoms with Crippen LogP contribution >= 0.6 is 0 Å². The van der Waals surface area contributed by atoms with E-state index in [2.05, 4.69) is 29.5 Å². The van der Waals surface area contributed by atoms with E-state index in [4.69, 9.17) is 4.74 Å². The van der Waals surface area contributed by atoms with Gasteiger partial charge in [-0.2, -0.15) is 0 Å². The highest BCUT2D eigenvalue weighted by Gasteiger charge is 2.49. The normalized spacial score (nSPS) is 23.8. The Morgan fingerprint density at radius 2 is 2.25 bits per heavy atom. The lowest BCUT2D eigenvalue weighted by molar-refractivity contribution is -0.0942. The van der Waals surface area contributed by atoms with Gasteiger partial charge in [0.25, 0.3) is 5.91 Å². The summed E-state index contributed by atoms with van der Waals surface area (Å²) >= 11 is 0. The van der Waals surface area contributed by atoms with Gasteiger partial charge in [0.2, 0.25) is 0 Å². The number of nitrogens with one attached hydrogen (secondary N) is 2. The van der Waals surface area contributed by atoms with E-state index < -0.39 is 0 Å². The number of carbonyl (C=O) groups excluding carboxylic acids is 1. The average Bonchev–Trinajstić information content (AvgIpc) is 2.43. The van der Waals surface area contributed by atoms with E-state index >= 15 is 0 Å². The molecule has 1 aromatic heterocycles. The predicted octanol–water partition coefficient (Wildman–Crippen LogP) is 2.06. The van der Waals surface area contributed by atoms with Crippen LogP contribution in [0, 0.1) is 5.41 Å². The van der Waals surface area contributed by atoms with Crippen LogP contribution in [0.1, 0.15) is 37.7 Å². The number of pyridine rings is 1. The molecule has 1 fully saturated rings. The second-order valence-electron chi connectivity index (χ2n) is 5.75. The SMILES string of the molecule is CCNc1cccc(C(=O)NC2CC(OC)C2(C)C)n1. The maximum atomic E-state index is 12.2. The molecule has 1 saturated carbocycles. The predicted molar refractivity (Wildman–Crippen MR) is 78.8 cm³/mol. The zero-order valence-corrected chi connectivity index (χ0v) is 12.6. The summed E-state index contributed by atoms with van der Waals surface area (Å²) in [6, 6.07) is 5.55. The Hall–Kier alpha value is -1.62.